The van der Waals surface area contributed by atoms with E-state index in [1.807, 2.05) is 23.9 Å². The number of ether oxygens (including phenoxy) is 1. The van der Waals surface area contributed by atoms with Crippen molar-refractivity contribution in [3.63, 3.8) is 0 Å². The van der Waals surface area contributed by atoms with Crippen molar-refractivity contribution in [3.8, 4) is 0 Å². The van der Waals surface area contributed by atoms with Gasteiger partial charge in [0.25, 0.3) is 0 Å². The Hall–Kier alpha value is -0.540. The summed E-state index contributed by atoms with van der Waals surface area (Å²) in [6, 6.07) is 6.81. The van der Waals surface area contributed by atoms with Crippen LogP contribution in [0.2, 0.25) is 0 Å². The van der Waals surface area contributed by atoms with E-state index in [0.29, 0.717) is 5.25 Å². The molecule has 0 aliphatic carbocycles. The molecule has 96 valence electrons. The highest BCUT2D eigenvalue weighted by Gasteiger charge is 2.05. The van der Waals surface area contributed by atoms with Crippen LogP contribution < -0.4 is 0 Å². The smallest absolute Gasteiger partial charge is 0.123 e. The number of thioether (sulfide) groups is 1. The summed E-state index contributed by atoms with van der Waals surface area (Å²) in [6.07, 6.45) is 3.58. The van der Waals surface area contributed by atoms with Crippen LogP contribution in [0.1, 0.15) is 37.0 Å². The molecule has 0 bridgehead atoms. The van der Waals surface area contributed by atoms with Crippen LogP contribution in [0.15, 0.2) is 24.3 Å². The summed E-state index contributed by atoms with van der Waals surface area (Å²) in [5.41, 5.74) is 1.20. The highest BCUT2D eigenvalue weighted by Crippen LogP contribution is 2.28. The summed E-state index contributed by atoms with van der Waals surface area (Å²) in [5, 5.41) is 0.443. The number of hydrogen-bond acceptors (Lipinski definition) is 2. The van der Waals surface area contributed by atoms with Crippen LogP contribution in [-0.2, 0) is 4.74 Å². The molecule has 0 aliphatic rings. The lowest BCUT2D eigenvalue weighted by Crippen LogP contribution is -1.92. The molecule has 0 aromatic heterocycles. The Labute approximate surface area is 108 Å². The van der Waals surface area contributed by atoms with Gasteiger partial charge in [-0.2, -0.15) is 11.8 Å². The summed E-state index contributed by atoms with van der Waals surface area (Å²) in [5.74, 6) is 0.993. The van der Waals surface area contributed by atoms with Crippen LogP contribution in [-0.4, -0.2) is 19.5 Å². The zero-order valence-corrected chi connectivity index (χ0v) is 11.4. The van der Waals surface area contributed by atoms with Crippen molar-refractivity contribution in [3.05, 3.63) is 35.6 Å². The maximum absolute atomic E-state index is 12.8. The predicted octanol–water partition coefficient (Wildman–Crippen LogP) is 4.44. The van der Waals surface area contributed by atoms with E-state index in [-0.39, 0.29) is 5.82 Å². The highest BCUT2D eigenvalue weighted by molar-refractivity contribution is 7.99. The number of halogens is 1. The molecule has 0 amide bonds. The zero-order valence-electron chi connectivity index (χ0n) is 10.6. The molecule has 0 fully saturated rings. The first-order valence-electron chi connectivity index (χ1n) is 6.10. The molecule has 0 aliphatic heterocycles. The molecule has 1 nitrogen and oxygen atoms in total. The summed E-state index contributed by atoms with van der Waals surface area (Å²) in [7, 11) is 1.74. The molecule has 1 atom stereocenters. The van der Waals surface area contributed by atoms with E-state index in [4.69, 9.17) is 4.74 Å². The van der Waals surface area contributed by atoms with E-state index in [1.54, 1.807) is 7.11 Å². The number of benzene rings is 1. The molecule has 1 aromatic carbocycles. The van der Waals surface area contributed by atoms with E-state index in [2.05, 4.69) is 6.92 Å². The fourth-order valence-corrected chi connectivity index (χ4v) is 2.69. The van der Waals surface area contributed by atoms with Gasteiger partial charge in [-0.3, -0.25) is 0 Å². The van der Waals surface area contributed by atoms with Gasteiger partial charge < -0.3 is 4.74 Å². The second-order valence-corrected chi connectivity index (χ2v) is 5.57. The van der Waals surface area contributed by atoms with Gasteiger partial charge in [0, 0.05) is 19.0 Å². The molecule has 0 saturated heterocycles. The Morgan fingerprint density at radius 2 is 1.88 bits per heavy atom. The van der Waals surface area contributed by atoms with Crippen molar-refractivity contribution in [2.75, 3.05) is 19.5 Å². The van der Waals surface area contributed by atoms with E-state index in [9.17, 15) is 4.39 Å². The van der Waals surface area contributed by atoms with Crippen molar-refractivity contribution in [2.45, 2.75) is 31.4 Å². The first-order valence-corrected chi connectivity index (χ1v) is 7.15. The fourth-order valence-electron chi connectivity index (χ4n) is 1.62. The van der Waals surface area contributed by atoms with Gasteiger partial charge in [0.05, 0.1) is 0 Å². The van der Waals surface area contributed by atoms with Crippen LogP contribution >= 0.6 is 11.8 Å². The molecular weight excluding hydrogens is 235 g/mol. The third-order valence-corrected chi connectivity index (χ3v) is 4.00. The summed E-state index contributed by atoms with van der Waals surface area (Å²) in [4.78, 5) is 0. The molecule has 0 spiro atoms. The van der Waals surface area contributed by atoms with Crippen molar-refractivity contribution < 1.29 is 9.13 Å². The minimum Gasteiger partial charge on any atom is -0.385 e. The van der Waals surface area contributed by atoms with Crippen molar-refractivity contribution in [2.24, 2.45) is 0 Å². The highest BCUT2D eigenvalue weighted by atomic mass is 32.2. The molecule has 1 aromatic rings. The minimum atomic E-state index is -0.162. The monoisotopic (exact) mass is 256 g/mol. The molecule has 0 saturated carbocycles. The first-order chi connectivity index (χ1) is 8.24. The lowest BCUT2D eigenvalue weighted by atomic mass is 10.2. The summed E-state index contributed by atoms with van der Waals surface area (Å²) >= 11 is 1.93. The second kappa shape index (κ2) is 8.54. The third kappa shape index (κ3) is 6.08. The zero-order chi connectivity index (χ0) is 12.5. The normalized spacial score (nSPS) is 12.6. The van der Waals surface area contributed by atoms with Gasteiger partial charge in [-0.1, -0.05) is 18.6 Å². The minimum absolute atomic E-state index is 0.162. The maximum atomic E-state index is 12.8. The Kier molecular flexibility index (Phi) is 7.29. The van der Waals surface area contributed by atoms with Crippen molar-refractivity contribution in [1.29, 1.82) is 0 Å². The van der Waals surface area contributed by atoms with Gasteiger partial charge >= 0.3 is 0 Å². The van der Waals surface area contributed by atoms with Crippen molar-refractivity contribution in [1.82, 2.24) is 0 Å². The van der Waals surface area contributed by atoms with E-state index >= 15 is 0 Å². The molecule has 0 N–H and O–H groups in total. The molecular formula is C14H21FOS. The molecule has 3 heteroatoms. The maximum Gasteiger partial charge on any atom is 0.123 e. The quantitative estimate of drug-likeness (QED) is 0.636. The lowest BCUT2D eigenvalue weighted by molar-refractivity contribution is 0.192. The summed E-state index contributed by atoms with van der Waals surface area (Å²) in [6.45, 7) is 3.03. The lowest BCUT2D eigenvalue weighted by Gasteiger charge is -2.11. The van der Waals surface area contributed by atoms with E-state index in [1.165, 1.54) is 30.5 Å². The number of hydrogen-bond donors (Lipinski definition) is 0. The largest absolute Gasteiger partial charge is 0.385 e. The number of unbranched alkanes of at least 4 members (excludes halogenated alkanes) is 2. The Bertz CT molecular complexity index is 300. The molecule has 17 heavy (non-hydrogen) atoms. The average Bonchev–Trinajstić information content (AvgIpc) is 2.34. The van der Waals surface area contributed by atoms with Crippen LogP contribution in [0.4, 0.5) is 4.39 Å². The molecule has 0 heterocycles. The Balaban J connectivity index is 2.16. The number of methoxy groups -OCH3 is 1. The van der Waals surface area contributed by atoms with Crippen LogP contribution in [0, 0.1) is 5.82 Å². The average molecular weight is 256 g/mol. The third-order valence-electron chi connectivity index (χ3n) is 2.70. The van der Waals surface area contributed by atoms with Crippen LogP contribution in [0.25, 0.3) is 0 Å². The molecule has 0 radical (unpaired) electrons. The Morgan fingerprint density at radius 3 is 2.53 bits per heavy atom. The van der Waals surface area contributed by atoms with E-state index < -0.39 is 0 Å². The van der Waals surface area contributed by atoms with Crippen molar-refractivity contribution >= 4 is 11.8 Å². The van der Waals surface area contributed by atoms with Gasteiger partial charge in [0.15, 0.2) is 0 Å². The molecule has 1 rings (SSSR count). The topological polar surface area (TPSA) is 9.23 Å². The van der Waals surface area contributed by atoms with Crippen LogP contribution in [0.5, 0.6) is 0 Å². The summed E-state index contributed by atoms with van der Waals surface area (Å²) < 4.78 is 17.8. The van der Waals surface area contributed by atoms with Gasteiger partial charge in [-0.05, 0) is 43.2 Å². The van der Waals surface area contributed by atoms with Gasteiger partial charge in [0.1, 0.15) is 5.82 Å². The molecule has 1 unspecified atom stereocenters. The van der Waals surface area contributed by atoms with Gasteiger partial charge in [-0.25, -0.2) is 4.39 Å². The predicted molar refractivity (Wildman–Crippen MR) is 73.0 cm³/mol. The van der Waals surface area contributed by atoms with Gasteiger partial charge in [-0.15, -0.1) is 0 Å². The van der Waals surface area contributed by atoms with Gasteiger partial charge in [0.2, 0.25) is 0 Å². The number of rotatable bonds is 8. The SMILES string of the molecule is COCCCCCSC(C)c1ccc(F)cc1. The standard InChI is InChI=1S/C14H21FOS/c1-12(13-6-8-14(15)9-7-13)17-11-5-3-4-10-16-2/h6-9,12H,3-5,10-11H2,1-2H3. The Morgan fingerprint density at radius 1 is 1.18 bits per heavy atom. The van der Waals surface area contributed by atoms with E-state index in [0.717, 1.165) is 18.8 Å². The second-order valence-electron chi connectivity index (χ2n) is 4.12. The van der Waals surface area contributed by atoms with Crippen LogP contribution in [0.3, 0.4) is 0 Å². The first kappa shape index (κ1) is 14.5. The fraction of sp³-hybridized carbons (Fsp3) is 0.571.